The third-order valence-corrected chi connectivity index (χ3v) is 5.61. The van der Waals surface area contributed by atoms with Crippen molar-refractivity contribution < 1.29 is 14.9 Å². The minimum Gasteiger partial charge on any atom is -0.503 e. The summed E-state index contributed by atoms with van der Waals surface area (Å²) in [6.07, 6.45) is -0.324. The predicted molar refractivity (Wildman–Crippen MR) is 100 cm³/mol. The quantitative estimate of drug-likeness (QED) is 0.623. The summed E-state index contributed by atoms with van der Waals surface area (Å²) in [5.74, 6) is 0.287. The number of aliphatic hydroxyl groups is 1. The molecule has 2 aromatic carbocycles. The number of aliphatic hydroxyl groups excluding tert-OH is 1. The van der Waals surface area contributed by atoms with E-state index in [9.17, 15) is 10.2 Å². The molecule has 0 aliphatic carbocycles. The summed E-state index contributed by atoms with van der Waals surface area (Å²) in [6.45, 7) is 0. The van der Waals surface area contributed by atoms with E-state index in [1.807, 2.05) is 30.3 Å². The first-order chi connectivity index (χ1) is 10.5. The van der Waals surface area contributed by atoms with Gasteiger partial charge in [-0.25, -0.2) is 0 Å². The Labute approximate surface area is 158 Å². The molecule has 23 heavy (non-hydrogen) atoms. The Balaban J connectivity index is 0.00000264. The average molecular weight is 468 g/mol. The van der Waals surface area contributed by atoms with Gasteiger partial charge in [0.2, 0.25) is 0 Å². The molecule has 0 fully saturated rings. The molecule has 0 aromatic heterocycles. The lowest BCUT2D eigenvalue weighted by Gasteiger charge is -2.22. The molecule has 0 aliphatic heterocycles. The standard InChI is InChI=1S/C16H17Br2NO3.ClH/c1-22-12-8-10(13(17)14(18)16(12)21)15(19)11(20)7-9-5-3-2-4-6-9;/h2-6,8,11,15,20-21H,7,19H2,1H3;1H/t11-,15+;/m1./s1. The lowest BCUT2D eigenvalue weighted by Crippen LogP contribution is -2.28. The third kappa shape index (κ3) is 4.61. The van der Waals surface area contributed by atoms with Gasteiger partial charge in [0.1, 0.15) is 0 Å². The molecule has 4 nitrogen and oxygen atoms in total. The number of phenolic OH excluding ortho intramolecular Hbond substituents is 1. The highest BCUT2D eigenvalue weighted by molar-refractivity contribution is 9.13. The molecule has 0 aliphatic rings. The van der Waals surface area contributed by atoms with Crippen LogP contribution in [0.4, 0.5) is 0 Å². The number of halogens is 3. The number of rotatable bonds is 5. The summed E-state index contributed by atoms with van der Waals surface area (Å²) < 4.78 is 6.18. The van der Waals surface area contributed by atoms with Crippen molar-refractivity contribution >= 4 is 44.3 Å². The molecular formula is C16H18Br2ClNO3. The lowest BCUT2D eigenvalue weighted by molar-refractivity contribution is 0.144. The zero-order valence-electron chi connectivity index (χ0n) is 12.4. The van der Waals surface area contributed by atoms with Gasteiger partial charge >= 0.3 is 0 Å². The minimum absolute atomic E-state index is 0. The molecule has 2 aromatic rings. The van der Waals surface area contributed by atoms with Crippen LogP contribution in [0.3, 0.4) is 0 Å². The fourth-order valence-corrected chi connectivity index (χ4v) is 3.19. The van der Waals surface area contributed by atoms with Gasteiger partial charge < -0.3 is 20.7 Å². The molecular weight excluding hydrogens is 449 g/mol. The first-order valence-electron chi connectivity index (χ1n) is 6.68. The van der Waals surface area contributed by atoms with Crippen LogP contribution in [0.2, 0.25) is 0 Å². The smallest absolute Gasteiger partial charge is 0.173 e. The highest BCUT2D eigenvalue weighted by atomic mass is 79.9. The van der Waals surface area contributed by atoms with Crippen LogP contribution in [0.5, 0.6) is 11.5 Å². The normalized spacial score (nSPS) is 13.1. The number of nitrogens with two attached hydrogens (primary N) is 1. The van der Waals surface area contributed by atoms with Crippen LogP contribution in [0, 0.1) is 0 Å². The van der Waals surface area contributed by atoms with Crippen molar-refractivity contribution in [3.63, 3.8) is 0 Å². The van der Waals surface area contributed by atoms with Gasteiger partial charge in [-0.15, -0.1) is 12.4 Å². The third-order valence-electron chi connectivity index (χ3n) is 3.46. The van der Waals surface area contributed by atoms with Crippen molar-refractivity contribution in [1.82, 2.24) is 0 Å². The van der Waals surface area contributed by atoms with Crippen LogP contribution >= 0.6 is 44.3 Å². The molecule has 0 amide bonds. The number of aromatic hydroxyl groups is 1. The van der Waals surface area contributed by atoms with Gasteiger partial charge in [-0.3, -0.25) is 0 Å². The monoisotopic (exact) mass is 465 g/mol. The highest BCUT2D eigenvalue weighted by Gasteiger charge is 2.24. The molecule has 4 N–H and O–H groups in total. The molecule has 0 radical (unpaired) electrons. The van der Waals surface area contributed by atoms with E-state index in [2.05, 4.69) is 31.9 Å². The molecule has 2 rings (SSSR count). The van der Waals surface area contributed by atoms with E-state index in [1.165, 1.54) is 7.11 Å². The molecule has 0 saturated heterocycles. The topological polar surface area (TPSA) is 75.7 Å². The second kappa shape index (κ2) is 8.89. The van der Waals surface area contributed by atoms with Gasteiger partial charge in [0, 0.05) is 10.9 Å². The summed E-state index contributed by atoms with van der Waals surface area (Å²) >= 11 is 6.69. The van der Waals surface area contributed by atoms with Crippen molar-refractivity contribution in [2.75, 3.05) is 7.11 Å². The summed E-state index contributed by atoms with van der Waals surface area (Å²) in [6, 6.07) is 10.7. The average Bonchev–Trinajstić information content (AvgIpc) is 2.53. The number of hydrogen-bond acceptors (Lipinski definition) is 4. The first-order valence-corrected chi connectivity index (χ1v) is 8.26. The maximum Gasteiger partial charge on any atom is 0.173 e. The van der Waals surface area contributed by atoms with Gasteiger partial charge in [0.15, 0.2) is 11.5 Å². The SMILES string of the molecule is COc1cc([C@H](N)[C@H](O)Cc2ccccc2)c(Br)c(Br)c1O.Cl. The Morgan fingerprint density at radius 1 is 1.17 bits per heavy atom. The fourth-order valence-electron chi connectivity index (χ4n) is 2.20. The highest BCUT2D eigenvalue weighted by Crippen LogP contribution is 2.43. The number of methoxy groups -OCH3 is 1. The summed E-state index contributed by atoms with van der Waals surface area (Å²) in [7, 11) is 1.46. The summed E-state index contributed by atoms with van der Waals surface area (Å²) in [4.78, 5) is 0. The molecule has 126 valence electrons. The van der Waals surface area contributed by atoms with Crippen LogP contribution in [0.1, 0.15) is 17.2 Å². The Hall–Kier alpha value is -0.790. The zero-order chi connectivity index (χ0) is 16.3. The maximum atomic E-state index is 10.4. The van der Waals surface area contributed by atoms with Crippen molar-refractivity contribution in [3.05, 3.63) is 56.5 Å². The van der Waals surface area contributed by atoms with E-state index >= 15 is 0 Å². The van der Waals surface area contributed by atoms with E-state index in [0.29, 0.717) is 26.7 Å². The van der Waals surface area contributed by atoms with E-state index in [0.717, 1.165) is 5.56 Å². The first kappa shape index (κ1) is 20.3. The maximum absolute atomic E-state index is 10.4. The second-order valence-electron chi connectivity index (χ2n) is 4.93. The van der Waals surface area contributed by atoms with Crippen molar-refractivity contribution in [2.24, 2.45) is 5.73 Å². The van der Waals surface area contributed by atoms with Gasteiger partial charge in [-0.05, 0) is 49.1 Å². The van der Waals surface area contributed by atoms with Crippen LogP contribution in [0.15, 0.2) is 45.3 Å². The Kier molecular flexibility index (Phi) is 7.83. The Morgan fingerprint density at radius 2 is 1.78 bits per heavy atom. The molecule has 0 spiro atoms. The van der Waals surface area contributed by atoms with E-state index in [-0.39, 0.29) is 18.2 Å². The van der Waals surface area contributed by atoms with Gasteiger partial charge in [-0.2, -0.15) is 0 Å². The number of benzene rings is 2. The molecule has 2 atom stereocenters. The van der Waals surface area contributed by atoms with E-state index in [1.54, 1.807) is 6.07 Å². The molecule has 7 heteroatoms. The number of ether oxygens (including phenoxy) is 1. The van der Waals surface area contributed by atoms with Gasteiger partial charge in [0.25, 0.3) is 0 Å². The Morgan fingerprint density at radius 3 is 2.35 bits per heavy atom. The largest absolute Gasteiger partial charge is 0.503 e. The lowest BCUT2D eigenvalue weighted by atomic mass is 9.96. The fraction of sp³-hybridized carbons (Fsp3) is 0.250. The molecule has 0 bridgehead atoms. The zero-order valence-corrected chi connectivity index (χ0v) is 16.4. The van der Waals surface area contributed by atoms with Gasteiger partial charge in [-0.1, -0.05) is 30.3 Å². The van der Waals surface area contributed by atoms with Crippen LogP contribution in [-0.4, -0.2) is 23.4 Å². The minimum atomic E-state index is -0.764. The molecule has 0 saturated carbocycles. The molecule has 0 heterocycles. The van der Waals surface area contributed by atoms with Crippen LogP contribution in [0.25, 0.3) is 0 Å². The van der Waals surface area contributed by atoms with Crippen LogP contribution in [-0.2, 0) is 6.42 Å². The van der Waals surface area contributed by atoms with E-state index in [4.69, 9.17) is 10.5 Å². The van der Waals surface area contributed by atoms with Gasteiger partial charge in [0.05, 0.1) is 23.7 Å². The van der Waals surface area contributed by atoms with Crippen molar-refractivity contribution in [1.29, 1.82) is 0 Å². The number of hydrogen-bond donors (Lipinski definition) is 3. The predicted octanol–water partition coefficient (Wildman–Crippen LogP) is 3.95. The summed E-state index contributed by atoms with van der Waals surface area (Å²) in [5, 5.41) is 20.4. The number of phenols is 1. The van der Waals surface area contributed by atoms with Crippen molar-refractivity contribution in [3.8, 4) is 11.5 Å². The molecule has 0 unspecified atom stereocenters. The van der Waals surface area contributed by atoms with Crippen LogP contribution < -0.4 is 10.5 Å². The second-order valence-corrected chi connectivity index (χ2v) is 6.51. The Bertz CT molecular complexity index is 656. The van der Waals surface area contributed by atoms with E-state index < -0.39 is 12.1 Å². The van der Waals surface area contributed by atoms with Crippen molar-refractivity contribution in [2.45, 2.75) is 18.6 Å². The summed E-state index contributed by atoms with van der Waals surface area (Å²) in [5.41, 5.74) is 7.86.